The molecule has 134 valence electrons. The Bertz CT molecular complexity index is 734. The summed E-state index contributed by atoms with van der Waals surface area (Å²) in [5, 5.41) is 0.525. The summed E-state index contributed by atoms with van der Waals surface area (Å²) >= 11 is 1.48. The maximum Gasteiger partial charge on any atom is 0.341 e. The van der Waals surface area contributed by atoms with E-state index in [2.05, 4.69) is 17.0 Å². The van der Waals surface area contributed by atoms with Crippen molar-refractivity contribution in [2.45, 2.75) is 20.4 Å². The molecule has 6 heteroatoms. The molecule has 1 aromatic heterocycles. The molecular weight excluding hydrogens is 336 g/mol. The molecule has 0 atom stereocenters. The van der Waals surface area contributed by atoms with Crippen LogP contribution in [0.15, 0.2) is 24.3 Å². The molecule has 2 aromatic rings. The van der Waals surface area contributed by atoms with Gasteiger partial charge in [0.15, 0.2) is 0 Å². The quantitative estimate of drug-likeness (QED) is 0.829. The van der Waals surface area contributed by atoms with Gasteiger partial charge in [0.2, 0.25) is 0 Å². The van der Waals surface area contributed by atoms with Crippen molar-refractivity contribution in [1.29, 1.82) is 0 Å². The van der Waals surface area contributed by atoms with Crippen LogP contribution >= 0.6 is 11.3 Å². The number of nitrogens with two attached hydrogens (primary N) is 1. The molecule has 1 saturated heterocycles. The lowest BCUT2D eigenvalue weighted by Gasteiger charge is -2.26. The summed E-state index contributed by atoms with van der Waals surface area (Å²) in [5.41, 5.74) is 9.81. The van der Waals surface area contributed by atoms with Crippen LogP contribution in [0.2, 0.25) is 0 Å². The smallest absolute Gasteiger partial charge is 0.341 e. The number of thiophene rings is 1. The predicted molar refractivity (Wildman–Crippen MR) is 101 cm³/mol. The van der Waals surface area contributed by atoms with Gasteiger partial charge in [-0.1, -0.05) is 29.8 Å². The zero-order chi connectivity index (χ0) is 17.8. The number of benzene rings is 1. The molecule has 0 amide bonds. The molecule has 1 aliphatic heterocycles. The molecule has 1 fully saturated rings. The van der Waals surface area contributed by atoms with Crippen LogP contribution in [0.1, 0.15) is 27.7 Å². The first-order valence-corrected chi connectivity index (χ1v) is 9.37. The van der Waals surface area contributed by atoms with E-state index in [1.54, 1.807) is 6.92 Å². The number of morpholine rings is 1. The second kappa shape index (κ2) is 7.99. The van der Waals surface area contributed by atoms with Gasteiger partial charge in [-0.15, -0.1) is 11.3 Å². The normalized spacial score (nSPS) is 15.3. The topological polar surface area (TPSA) is 64.8 Å². The van der Waals surface area contributed by atoms with Crippen molar-refractivity contribution in [1.82, 2.24) is 4.90 Å². The molecule has 2 N–H and O–H groups in total. The highest BCUT2D eigenvalue weighted by Crippen LogP contribution is 2.40. The Balaban J connectivity index is 2.02. The van der Waals surface area contributed by atoms with E-state index in [4.69, 9.17) is 15.2 Å². The van der Waals surface area contributed by atoms with E-state index in [9.17, 15) is 4.79 Å². The van der Waals surface area contributed by atoms with Crippen molar-refractivity contribution in [2.24, 2.45) is 0 Å². The first-order chi connectivity index (χ1) is 12.1. The van der Waals surface area contributed by atoms with E-state index in [1.165, 1.54) is 16.9 Å². The van der Waals surface area contributed by atoms with Gasteiger partial charge in [-0.3, -0.25) is 4.90 Å². The largest absolute Gasteiger partial charge is 0.462 e. The second-order valence-corrected chi connectivity index (χ2v) is 7.25. The number of nitrogen functional groups attached to an aromatic ring is 1. The highest BCUT2D eigenvalue weighted by molar-refractivity contribution is 7.17. The third kappa shape index (κ3) is 4.03. The molecule has 0 unspecified atom stereocenters. The fourth-order valence-electron chi connectivity index (χ4n) is 3.00. The Morgan fingerprint density at radius 3 is 2.60 bits per heavy atom. The fourth-order valence-corrected chi connectivity index (χ4v) is 4.12. The van der Waals surface area contributed by atoms with Crippen LogP contribution in [0.3, 0.4) is 0 Å². The van der Waals surface area contributed by atoms with Crippen molar-refractivity contribution in [3.63, 3.8) is 0 Å². The average Bonchev–Trinajstić information content (AvgIpc) is 2.92. The van der Waals surface area contributed by atoms with Gasteiger partial charge in [0.05, 0.1) is 19.8 Å². The van der Waals surface area contributed by atoms with Crippen LogP contribution in [0, 0.1) is 6.92 Å². The standard InChI is InChI=1S/C19H24N2O3S/c1-3-24-19(22)17-16(14-6-4-13(2)5-7-14)15(25-18(17)20)12-21-8-10-23-11-9-21/h4-7H,3,8-12,20H2,1-2H3. The van der Waals surface area contributed by atoms with Crippen LogP contribution in [-0.2, 0) is 16.0 Å². The number of carbonyl (C=O) groups is 1. The molecule has 1 aromatic carbocycles. The summed E-state index contributed by atoms with van der Waals surface area (Å²) in [6.45, 7) is 8.21. The van der Waals surface area contributed by atoms with E-state index in [0.29, 0.717) is 17.2 Å². The van der Waals surface area contributed by atoms with Crippen LogP contribution in [-0.4, -0.2) is 43.8 Å². The molecule has 1 aliphatic rings. The Kier molecular flexibility index (Phi) is 5.73. The summed E-state index contributed by atoms with van der Waals surface area (Å²) < 4.78 is 10.7. The van der Waals surface area contributed by atoms with Gasteiger partial charge < -0.3 is 15.2 Å². The minimum Gasteiger partial charge on any atom is -0.462 e. The number of aryl methyl sites for hydroxylation is 1. The number of esters is 1. The summed E-state index contributed by atoms with van der Waals surface area (Å²) in [6, 6.07) is 8.19. The molecular formula is C19H24N2O3S. The summed E-state index contributed by atoms with van der Waals surface area (Å²) in [7, 11) is 0. The minimum absolute atomic E-state index is 0.334. The molecule has 0 aliphatic carbocycles. The van der Waals surface area contributed by atoms with Crippen molar-refractivity contribution in [3.8, 4) is 11.1 Å². The highest BCUT2D eigenvalue weighted by Gasteiger charge is 2.26. The van der Waals surface area contributed by atoms with Crippen LogP contribution in [0.25, 0.3) is 11.1 Å². The first kappa shape index (κ1) is 17.9. The lowest BCUT2D eigenvalue weighted by Crippen LogP contribution is -2.35. The van der Waals surface area contributed by atoms with Crippen molar-refractivity contribution < 1.29 is 14.3 Å². The molecule has 2 heterocycles. The van der Waals surface area contributed by atoms with Crippen molar-refractivity contribution >= 4 is 22.3 Å². The van der Waals surface area contributed by atoms with Gasteiger partial charge in [0, 0.05) is 30.1 Å². The lowest BCUT2D eigenvalue weighted by atomic mass is 9.99. The number of hydrogen-bond acceptors (Lipinski definition) is 6. The Hall–Kier alpha value is -1.89. The third-order valence-corrected chi connectivity index (χ3v) is 5.30. The van der Waals surface area contributed by atoms with Gasteiger partial charge in [-0.05, 0) is 19.4 Å². The number of ether oxygens (including phenoxy) is 2. The molecule has 25 heavy (non-hydrogen) atoms. The van der Waals surface area contributed by atoms with Gasteiger partial charge in [-0.2, -0.15) is 0 Å². The third-order valence-electron chi connectivity index (χ3n) is 4.30. The Morgan fingerprint density at radius 2 is 1.96 bits per heavy atom. The van der Waals surface area contributed by atoms with E-state index >= 15 is 0 Å². The van der Waals surface area contributed by atoms with Gasteiger partial charge >= 0.3 is 5.97 Å². The summed E-state index contributed by atoms with van der Waals surface area (Å²) in [5.74, 6) is -0.347. The number of nitrogens with zero attached hydrogens (tertiary/aromatic N) is 1. The van der Waals surface area contributed by atoms with E-state index < -0.39 is 0 Å². The Morgan fingerprint density at radius 1 is 1.28 bits per heavy atom. The van der Waals surface area contributed by atoms with Crippen molar-refractivity contribution in [2.75, 3.05) is 38.6 Å². The monoisotopic (exact) mass is 360 g/mol. The van der Waals surface area contributed by atoms with Crippen molar-refractivity contribution in [3.05, 3.63) is 40.3 Å². The first-order valence-electron chi connectivity index (χ1n) is 8.55. The van der Waals surface area contributed by atoms with Gasteiger partial charge in [-0.25, -0.2) is 4.79 Å². The minimum atomic E-state index is -0.347. The van der Waals surface area contributed by atoms with Crippen LogP contribution in [0.5, 0.6) is 0 Å². The van der Waals surface area contributed by atoms with E-state index in [0.717, 1.165) is 48.9 Å². The van der Waals surface area contributed by atoms with Crippen LogP contribution < -0.4 is 5.73 Å². The maximum absolute atomic E-state index is 12.5. The average molecular weight is 360 g/mol. The summed E-state index contributed by atoms with van der Waals surface area (Å²) in [4.78, 5) is 15.9. The second-order valence-electron chi connectivity index (χ2n) is 6.11. The number of hydrogen-bond donors (Lipinski definition) is 1. The predicted octanol–water partition coefficient (Wildman–Crippen LogP) is 3.31. The lowest BCUT2D eigenvalue weighted by molar-refractivity contribution is 0.0346. The molecule has 0 spiro atoms. The number of anilines is 1. The highest BCUT2D eigenvalue weighted by atomic mass is 32.1. The zero-order valence-electron chi connectivity index (χ0n) is 14.7. The molecule has 0 radical (unpaired) electrons. The van der Waals surface area contributed by atoms with Gasteiger partial charge in [0.1, 0.15) is 10.6 Å². The number of rotatable bonds is 5. The molecule has 0 saturated carbocycles. The molecule has 5 nitrogen and oxygen atoms in total. The fraction of sp³-hybridized carbons (Fsp3) is 0.421. The van der Waals surface area contributed by atoms with Crippen LogP contribution in [0.4, 0.5) is 5.00 Å². The van der Waals surface area contributed by atoms with E-state index in [1.807, 2.05) is 19.1 Å². The Labute approximate surface area is 152 Å². The number of carbonyl (C=O) groups excluding carboxylic acids is 1. The SMILES string of the molecule is CCOC(=O)c1c(N)sc(CN2CCOCC2)c1-c1ccc(C)cc1. The molecule has 0 bridgehead atoms. The summed E-state index contributed by atoms with van der Waals surface area (Å²) in [6.07, 6.45) is 0. The maximum atomic E-state index is 12.5. The zero-order valence-corrected chi connectivity index (χ0v) is 15.5. The van der Waals surface area contributed by atoms with Gasteiger partial charge in [0.25, 0.3) is 0 Å². The molecule has 3 rings (SSSR count). The van der Waals surface area contributed by atoms with E-state index in [-0.39, 0.29) is 5.97 Å².